The highest BCUT2D eigenvalue weighted by molar-refractivity contribution is 5.74. The SMILES string of the molecule is CN(C)C(=O)N1CC[C@]2(O)CCN(CCCOCc3ccccc3)C[C@@H]2C1. The molecule has 2 aliphatic heterocycles. The van der Waals surface area contributed by atoms with E-state index in [1.165, 1.54) is 5.56 Å². The average Bonchev–Trinajstić information content (AvgIpc) is 2.67. The van der Waals surface area contributed by atoms with Gasteiger partial charge in [-0.05, 0) is 24.8 Å². The first kappa shape index (κ1) is 20.1. The van der Waals surface area contributed by atoms with Gasteiger partial charge in [0.25, 0.3) is 0 Å². The molecule has 27 heavy (non-hydrogen) atoms. The molecule has 2 atom stereocenters. The van der Waals surface area contributed by atoms with Gasteiger partial charge in [0.15, 0.2) is 0 Å². The van der Waals surface area contributed by atoms with E-state index in [2.05, 4.69) is 17.0 Å². The number of likely N-dealkylation sites (tertiary alicyclic amines) is 2. The van der Waals surface area contributed by atoms with E-state index >= 15 is 0 Å². The zero-order valence-electron chi connectivity index (χ0n) is 16.6. The van der Waals surface area contributed by atoms with Crippen LogP contribution in [0.15, 0.2) is 30.3 Å². The Bertz CT molecular complexity index is 610. The van der Waals surface area contributed by atoms with Crippen molar-refractivity contribution in [2.24, 2.45) is 5.92 Å². The highest BCUT2D eigenvalue weighted by Gasteiger charge is 2.45. The van der Waals surface area contributed by atoms with Gasteiger partial charge >= 0.3 is 6.03 Å². The molecule has 0 radical (unpaired) electrons. The van der Waals surface area contributed by atoms with Crippen LogP contribution < -0.4 is 0 Å². The van der Waals surface area contributed by atoms with Crippen LogP contribution >= 0.6 is 0 Å². The molecule has 0 bridgehead atoms. The lowest BCUT2D eigenvalue weighted by Gasteiger charge is -2.50. The van der Waals surface area contributed by atoms with Crippen LogP contribution in [0.5, 0.6) is 0 Å². The number of carbonyl (C=O) groups is 1. The molecule has 2 saturated heterocycles. The minimum Gasteiger partial charge on any atom is -0.389 e. The summed E-state index contributed by atoms with van der Waals surface area (Å²) in [5, 5.41) is 11.0. The molecule has 0 unspecified atom stereocenters. The van der Waals surface area contributed by atoms with Gasteiger partial charge in [0.2, 0.25) is 0 Å². The number of fused-ring (bicyclic) bond motifs is 1. The molecule has 2 heterocycles. The smallest absolute Gasteiger partial charge is 0.319 e. The van der Waals surface area contributed by atoms with Crippen LogP contribution in [-0.4, -0.2) is 84.9 Å². The fraction of sp³-hybridized carbons (Fsp3) is 0.667. The second-order valence-electron chi connectivity index (χ2n) is 8.12. The molecule has 150 valence electrons. The van der Waals surface area contributed by atoms with E-state index in [0.717, 1.165) is 39.1 Å². The first-order chi connectivity index (χ1) is 13.0. The largest absolute Gasteiger partial charge is 0.389 e. The predicted molar refractivity (Wildman–Crippen MR) is 105 cm³/mol. The summed E-state index contributed by atoms with van der Waals surface area (Å²) in [5.74, 6) is 0.133. The summed E-state index contributed by atoms with van der Waals surface area (Å²) in [6.07, 6.45) is 2.47. The summed E-state index contributed by atoms with van der Waals surface area (Å²) in [6, 6.07) is 10.3. The molecule has 6 heteroatoms. The molecule has 2 amide bonds. The van der Waals surface area contributed by atoms with Crippen LogP contribution in [0.1, 0.15) is 24.8 Å². The van der Waals surface area contributed by atoms with Crippen LogP contribution in [0.2, 0.25) is 0 Å². The number of urea groups is 1. The third-order valence-corrected chi connectivity index (χ3v) is 5.88. The summed E-state index contributed by atoms with van der Waals surface area (Å²) in [4.78, 5) is 18.2. The van der Waals surface area contributed by atoms with Crippen LogP contribution in [0.4, 0.5) is 4.79 Å². The summed E-state index contributed by atoms with van der Waals surface area (Å²) >= 11 is 0. The monoisotopic (exact) mass is 375 g/mol. The molecule has 0 spiro atoms. The number of ether oxygens (including phenoxy) is 1. The number of benzene rings is 1. The van der Waals surface area contributed by atoms with Gasteiger partial charge < -0.3 is 24.5 Å². The van der Waals surface area contributed by atoms with Crippen molar-refractivity contribution in [1.29, 1.82) is 0 Å². The molecule has 1 aromatic rings. The average molecular weight is 376 g/mol. The first-order valence-corrected chi connectivity index (χ1v) is 10.0. The molecular weight excluding hydrogens is 342 g/mol. The van der Waals surface area contributed by atoms with E-state index in [-0.39, 0.29) is 11.9 Å². The molecular formula is C21H33N3O3. The minimum absolute atomic E-state index is 0.0449. The number of carbonyl (C=O) groups excluding carboxylic acids is 1. The van der Waals surface area contributed by atoms with E-state index < -0.39 is 5.60 Å². The molecule has 6 nitrogen and oxygen atoms in total. The minimum atomic E-state index is -0.608. The van der Waals surface area contributed by atoms with Crippen molar-refractivity contribution < 1.29 is 14.6 Å². The Kier molecular flexibility index (Phi) is 6.73. The summed E-state index contributed by atoms with van der Waals surface area (Å²) in [5.41, 5.74) is 0.594. The van der Waals surface area contributed by atoms with E-state index in [4.69, 9.17) is 4.74 Å². The second-order valence-corrected chi connectivity index (χ2v) is 8.12. The third-order valence-electron chi connectivity index (χ3n) is 5.88. The highest BCUT2D eigenvalue weighted by Crippen LogP contribution is 2.35. The van der Waals surface area contributed by atoms with Gasteiger partial charge in [-0.25, -0.2) is 4.79 Å². The fourth-order valence-electron chi connectivity index (χ4n) is 4.19. The van der Waals surface area contributed by atoms with Gasteiger partial charge in [0.1, 0.15) is 0 Å². The summed E-state index contributed by atoms with van der Waals surface area (Å²) in [6.45, 7) is 5.45. The van der Waals surface area contributed by atoms with E-state index in [0.29, 0.717) is 26.1 Å². The lowest BCUT2D eigenvalue weighted by Crippen LogP contribution is -2.61. The van der Waals surface area contributed by atoms with Crippen LogP contribution in [0.25, 0.3) is 0 Å². The Labute approximate surface area is 162 Å². The van der Waals surface area contributed by atoms with Gasteiger partial charge in [-0.15, -0.1) is 0 Å². The molecule has 0 saturated carbocycles. The maximum absolute atomic E-state index is 12.3. The van der Waals surface area contributed by atoms with Crippen molar-refractivity contribution >= 4 is 6.03 Å². The van der Waals surface area contributed by atoms with Crippen molar-refractivity contribution in [3.8, 4) is 0 Å². The lowest BCUT2D eigenvalue weighted by molar-refractivity contribution is -0.107. The van der Waals surface area contributed by atoms with Crippen LogP contribution in [-0.2, 0) is 11.3 Å². The topological polar surface area (TPSA) is 56.2 Å². The third kappa shape index (κ3) is 5.21. The summed E-state index contributed by atoms with van der Waals surface area (Å²) < 4.78 is 5.78. The number of rotatable bonds is 6. The maximum Gasteiger partial charge on any atom is 0.319 e. The molecule has 1 N–H and O–H groups in total. The number of piperidine rings is 2. The Hall–Kier alpha value is -1.63. The number of amides is 2. The van der Waals surface area contributed by atoms with Gasteiger partial charge in [-0.2, -0.15) is 0 Å². The zero-order chi connectivity index (χ0) is 19.3. The molecule has 2 fully saturated rings. The van der Waals surface area contributed by atoms with Crippen LogP contribution in [0, 0.1) is 5.92 Å². The van der Waals surface area contributed by atoms with E-state index in [9.17, 15) is 9.90 Å². The quantitative estimate of drug-likeness (QED) is 0.773. The first-order valence-electron chi connectivity index (χ1n) is 10.0. The van der Waals surface area contributed by atoms with Crippen molar-refractivity contribution in [3.05, 3.63) is 35.9 Å². The van der Waals surface area contributed by atoms with Gasteiger partial charge in [0.05, 0.1) is 12.2 Å². The van der Waals surface area contributed by atoms with Crippen molar-refractivity contribution in [3.63, 3.8) is 0 Å². The Morgan fingerprint density at radius 3 is 2.70 bits per heavy atom. The standard InChI is InChI=1S/C21H33N3O3/c1-22(2)20(25)24-13-10-21(26)9-12-23(15-19(21)16-24)11-6-14-27-17-18-7-4-3-5-8-18/h3-5,7-8,19,26H,6,9-17H2,1-2H3/t19-,21-/m1/s1. The van der Waals surface area contributed by atoms with Crippen molar-refractivity contribution in [2.75, 3.05) is 53.4 Å². The van der Waals surface area contributed by atoms with Crippen molar-refractivity contribution in [1.82, 2.24) is 14.7 Å². The molecule has 3 rings (SSSR count). The number of aliphatic hydroxyl groups is 1. The number of hydrogen-bond donors (Lipinski definition) is 1. The number of nitrogens with zero attached hydrogens (tertiary/aromatic N) is 3. The van der Waals surface area contributed by atoms with Crippen molar-refractivity contribution in [2.45, 2.75) is 31.5 Å². The highest BCUT2D eigenvalue weighted by atomic mass is 16.5. The molecule has 2 aliphatic rings. The Morgan fingerprint density at radius 2 is 1.96 bits per heavy atom. The number of hydrogen-bond acceptors (Lipinski definition) is 4. The van der Waals surface area contributed by atoms with Gasteiger partial charge in [-0.1, -0.05) is 30.3 Å². The molecule has 0 aromatic heterocycles. The van der Waals surface area contributed by atoms with E-state index in [1.54, 1.807) is 19.0 Å². The predicted octanol–water partition coefficient (Wildman–Crippen LogP) is 2.03. The Balaban J connectivity index is 1.41. The Morgan fingerprint density at radius 1 is 1.22 bits per heavy atom. The van der Waals surface area contributed by atoms with E-state index in [1.807, 2.05) is 23.1 Å². The lowest BCUT2D eigenvalue weighted by atomic mass is 9.75. The maximum atomic E-state index is 12.3. The second kappa shape index (κ2) is 9.04. The normalized spacial score (nSPS) is 25.9. The van der Waals surface area contributed by atoms with Crippen LogP contribution in [0.3, 0.4) is 0 Å². The summed E-state index contributed by atoms with van der Waals surface area (Å²) in [7, 11) is 3.57. The molecule has 1 aromatic carbocycles. The fourth-order valence-corrected chi connectivity index (χ4v) is 4.19. The van der Waals surface area contributed by atoms with Gasteiger partial charge in [0, 0.05) is 59.3 Å². The van der Waals surface area contributed by atoms with Gasteiger partial charge in [-0.3, -0.25) is 0 Å². The molecule has 0 aliphatic carbocycles. The zero-order valence-corrected chi connectivity index (χ0v) is 16.6.